The predicted octanol–water partition coefficient (Wildman–Crippen LogP) is 3.58. The van der Waals surface area contributed by atoms with Crippen molar-refractivity contribution < 1.29 is 9.90 Å². The van der Waals surface area contributed by atoms with Crippen molar-refractivity contribution in [2.75, 3.05) is 0 Å². The first-order valence-electron chi connectivity index (χ1n) is 8.90. The second-order valence-electron chi connectivity index (χ2n) is 7.35. The number of hydrogen-bond acceptors (Lipinski definition) is 5. The third-order valence-electron chi connectivity index (χ3n) is 4.70. The molecule has 0 aliphatic rings. The third kappa shape index (κ3) is 4.63. The van der Waals surface area contributed by atoms with Gasteiger partial charge in [0.15, 0.2) is 0 Å². The summed E-state index contributed by atoms with van der Waals surface area (Å²) in [5.74, 6) is 0. The van der Waals surface area contributed by atoms with E-state index in [1.807, 2.05) is 56.4 Å². The van der Waals surface area contributed by atoms with Gasteiger partial charge in [0.05, 0.1) is 6.10 Å². The molecule has 27 heavy (non-hydrogen) atoms. The molecule has 0 aliphatic heterocycles. The standard InChI is InChI=1S/C22H23N3O2/c1-22(2,21(27)19-12-23-15-24-13-19)11-20-8-7-18(14-25-20)17-5-3-16(4-6-17)9-10-26/h3-8,10,12-15,21,27H,9,11H2,1-2H3. The van der Waals surface area contributed by atoms with Crippen molar-refractivity contribution in [1.82, 2.24) is 15.0 Å². The molecule has 0 saturated carbocycles. The Morgan fingerprint density at radius 1 is 1.00 bits per heavy atom. The molecule has 5 nitrogen and oxygen atoms in total. The van der Waals surface area contributed by atoms with Gasteiger partial charge in [-0.1, -0.05) is 44.2 Å². The number of carbonyl (C=O) groups is 1. The second-order valence-corrected chi connectivity index (χ2v) is 7.35. The Hall–Kier alpha value is -2.92. The van der Waals surface area contributed by atoms with Gasteiger partial charge in [-0.15, -0.1) is 0 Å². The number of aromatic nitrogens is 3. The third-order valence-corrected chi connectivity index (χ3v) is 4.70. The largest absolute Gasteiger partial charge is 0.388 e. The van der Waals surface area contributed by atoms with E-state index in [4.69, 9.17) is 0 Å². The van der Waals surface area contributed by atoms with Gasteiger partial charge in [0.1, 0.15) is 12.6 Å². The first-order valence-corrected chi connectivity index (χ1v) is 8.90. The minimum Gasteiger partial charge on any atom is -0.388 e. The zero-order chi connectivity index (χ0) is 19.3. The van der Waals surface area contributed by atoms with Crippen LogP contribution in [0.2, 0.25) is 0 Å². The molecule has 3 aromatic rings. The smallest absolute Gasteiger partial charge is 0.124 e. The molecule has 1 atom stereocenters. The highest BCUT2D eigenvalue weighted by molar-refractivity contribution is 5.64. The maximum atomic E-state index is 10.7. The van der Waals surface area contributed by atoms with Crippen LogP contribution in [0.25, 0.3) is 11.1 Å². The lowest BCUT2D eigenvalue weighted by Gasteiger charge is -2.30. The van der Waals surface area contributed by atoms with Crippen LogP contribution in [-0.4, -0.2) is 26.3 Å². The van der Waals surface area contributed by atoms with Crippen LogP contribution in [0.15, 0.2) is 61.3 Å². The summed E-state index contributed by atoms with van der Waals surface area (Å²) in [4.78, 5) is 23.1. The molecule has 0 fully saturated rings. The Morgan fingerprint density at radius 2 is 1.67 bits per heavy atom. The van der Waals surface area contributed by atoms with E-state index in [0.717, 1.165) is 28.7 Å². The minimum absolute atomic E-state index is 0.407. The van der Waals surface area contributed by atoms with E-state index >= 15 is 0 Å². The number of aldehydes is 1. The van der Waals surface area contributed by atoms with Crippen molar-refractivity contribution in [3.8, 4) is 11.1 Å². The Labute approximate surface area is 159 Å². The summed E-state index contributed by atoms with van der Waals surface area (Å²) in [6.07, 6.45) is 7.87. The fraction of sp³-hybridized carbons (Fsp3) is 0.273. The number of carbonyl (C=O) groups excluding carboxylic acids is 1. The topological polar surface area (TPSA) is 76.0 Å². The van der Waals surface area contributed by atoms with Crippen molar-refractivity contribution in [2.45, 2.75) is 32.8 Å². The van der Waals surface area contributed by atoms with Gasteiger partial charge in [0.25, 0.3) is 0 Å². The van der Waals surface area contributed by atoms with Crippen LogP contribution in [0, 0.1) is 5.41 Å². The highest BCUT2D eigenvalue weighted by Crippen LogP contribution is 2.35. The fourth-order valence-electron chi connectivity index (χ4n) is 3.10. The van der Waals surface area contributed by atoms with Crippen molar-refractivity contribution in [1.29, 1.82) is 0 Å². The zero-order valence-corrected chi connectivity index (χ0v) is 15.5. The Kier molecular flexibility index (Phi) is 5.72. The zero-order valence-electron chi connectivity index (χ0n) is 15.5. The van der Waals surface area contributed by atoms with Gasteiger partial charge in [0.2, 0.25) is 0 Å². The molecular formula is C22H23N3O2. The number of aliphatic hydroxyl groups excluding tert-OH is 1. The molecule has 2 heterocycles. The summed E-state index contributed by atoms with van der Waals surface area (Å²) in [6, 6.07) is 11.9. The van der Waals surface area contributed by atoms with Crippen molar-refractivity contribution >= 4 is 6.29 Å². The monoisotopic (exact) mass is 361 g/mol. The number of benzene rings is 1. The van der Waals surface area contributed by atoms with Gasteiger partial charge in [-0.3, -0.25) is 4.98 Å². The number of hydrogen-bond donors (Lipinski definition) is 1. The molecule has 0 radical (unpaired) electrons. The summed E-state index contributed by atoms with van der Waals surface area (Å²) < 4.78 is 0. The highest BCUT2D eigenvalue weighted by atomic mass is 16.3. The lowest BCUT2D eigenvalue weighted by molar-refractivity contribution is -0.107. The van der Waals surface area contributed by atoms with E-state index in [-0.39, 0.29) is 0 Å². The van der Waals surface area contributed by atoms with Crippen LogP contribution < -0.4 is 0 Å². The maximum absolute atomic E-state index is 10.7. The number of pyridine rings is 1. The molecule has 2 aromatic heterocycles. The van der Waals surface area contributed by atoms with Crippen molar-refractivity contribution in [3.63, 3.8) is 0 Å². The van der Waals surface area contributed by atoms with Crippen LogP contribution >= 0.6 is 0 Å². The second kappa shape index (κ2) is 8.18. The molecule has 0 saturated heterocycles. The molecule has 5 heteroatoms. The van der Waals surface area contributed by atoms with Gasteiger partial charge in [0, 0.05) is 47.2 Å². The molecule has 0 spiro atoms. The van der Waals surface area contributed by atoms with Crippen LogP contribution in [0.3, 0.4) is 0 Å². The fourth-order valence-corrected chi connectivity index (χ4v) is 3.10. The SMILES string of the molecule is CC(C)(Cc1ccc(-c2ccc(CC=O)cc2)cn1)C(O)c1cncnc1. The van der Waals surface area contributed by atoms with Gasteiger partial charge in [-0.05, 0) is 23.6 Å². The Bertz CT molecular complexity index is 876. The number of rotatable bonds is 7. The molecule has 138 valence electrons. The van der Waals surface area contributed by atoms with Gasteiger partial charge < -0.3 is 9.90 Å². The Balaban J connectivity index is 1.72. The Morgan fingerprint density at radius 3 is 2.26 bits per heavy atom. The van der Waals surface area contributed by atoms with E-state index < -0.39 is 11.5 Å². The van der Waals surface area contributed by atoms with Gasteiger partial charge >= 0.3 is 0 Å². The molecule has 0 amide bonds. The molecular weight excluding hydrogens is 338 g/mol. The number of aliphatic hydroxyl groups is 1. The van der Waals surface area contributed by atoms with Crippen LogP contribution in [0.1, 0.15) is 36.8 Å². The van der Waals surface area contributed by atoms with E-state index in [2.05, 4.69) is 15.0 Å². The molecule has 1 N–H and O–H groups in total. The van der Waals surface area contributed by atoms with Crippen LogP contribution in [-0.2, 0) is 17.6 Å². The maximum Gasteiger partial charge on any atom is 0.124 e. The van der Waals surface area contributed by atoms with Crippen LogP contribution in [0.4, 0.5) is 0 Å². The van der Waals surface area contributed by atoms with Gasteiger partial charge in [-0.2, -0.15) is 0 Å². The van der Waals surface area contributed by atoms with E-state index in [1.54, 1.807) is 12.4 Å². The minimum atomic E-state index is -0.675. The molecule has 3 rings (SSSR count). The van der Waals surface area contributed by atoms with Crippen molar-refractivity contribution in [3.05, 3.63) is 78.1 Å². The first-order chi connectivity index (χ1) is 13.0. The first kappa shape index (κ1) is 18.9. The van der Waals surface area contributed by atoms with E-state index in [1.165, 1.54) is 6.33 Å². The summed E-state index contributed by atoms with van der Waals surface area (Å²) >= 11 is 0. The summed E-state index contributed by atoms with van der Waals surface area (Å²) in [6.45, 7) is 4.01. The van der Waals surface area contributed by atoms with Gasteiger partial charge in [-0.25, -0.2) is 9.97 Å². The summed E-state index contributed by atoms with van der Waals surface area (Å²) in [5, 5.41) is 10.7. The molecule has 0 bridgehead atoms. The lowest BCUT2D eigenvalue weighted by Crippen LogP contribution is -2.25. The highest BCUT2D eigenvalue weighted by Gasteiger charge is 2.30. The summed E-state index contributed by atoms with van der Waals surface area (Å²) in [7, 11) is 0. The van der Waals surface area contributed by atoms with E-state index in [9.17, 15) is 9.90 Å². The molecule has 0 aliphatic carbocycles. The normalized spacial score (nSPS) is 12.6. The van der Waals surface area contributed by atoms with Crippen LogP contribution in [0.5, 0.6) is 0 Å². The van der Waals surface area contributed by atoms with Crippen molar-refractivity contribution in [2.24, 2.45) is 5.41 Å². The number of nitrogens with zero attached hydrogens (tertiary/aromatic N) is 3. The summed E-state index contributed by atoms with van der Waals surface area (Å²) in [5.41, 5.74) is 4.29. The lowest BCUT2D eigenvalue weighted by atomic mass is 9.79. The van der Waals surface area contributed by atoms with E-state index in [0.29, 0.717) is 18.4 Å². The average molecular weight is 361 g/mol. The molecule has 1 aromatic carbocycles. The average Bonchev–Trinajstić information content (AvgIpc) is 2.69. The predicted molar refractivity (Wildman–Crippen MR) is 104 cm³/mol. The quantitative estimate of drug-likeness (QED) is 0.651. The molecule has 1 unspecified atom stereocenters.